The number of nitrogens with one attached hydrogen (secondary N) is 2. The van der Waals surface area contributed by atoms with Crippen LogP contribution >= 0.6 is 0 Å². The van der Waals surface area contributed by atoms with E-state index < -0.39 is 0 Å². The van der Waals surface area contributed by atoms with Gasteiger partial charge in [-0.05, 0) is 32.9 Å². The first kappa shape index (κ1) is 13.3. The van der Waals surface area contributed by atoms with Gasteiger partial charge in [0.05, 0.1) is 11.9 Å². The Morgan fingerprint density at radius 1 is 1.41 bits per heavy atom. The lowest BCUT2D eigenvalue weighted by Crippen LogP contribution is -2.41. The van der Waals surface area contributed by atoms with Gasteiger partial charge in [-0.3, -0.25) is 4.79 Å². The van der Waals surface area contributed by atoms with Crippen LogP contribution in [0.25, 0.3) is 0 Å². The summed E-state index contributed by atoms with van der Waals surface area (Å²) in [5.41, 5.74) is 6.15. The molecule has 0 saturated carbocycles. The predicted molar refractivity (Wildman–Crippen MR) is 69.7 cm³/mol. The molecule has 1 aromatic heterocycles. The van der Waals surface area contributed by atoms with E-state index in [4.69, 9.17) is 5.73 Å². The summed E-state index contributed by atoms with van der Waals surface area (Å²) >= 11 is 0. The Balaban J connectivity index is 2.28. The molecule has 1 rings (SSSR count). The molecule has 0 aliphatic carbocycles. The molecule has 1 heterocycles. The average molecular weight is 236 g/mol. The van der Waals surface area contributed by atoms with E-state index in [0.717, 1.165) is 5.69 Å². The topological polar surface area (TPSA) is 80.0 Å². The van der Waals surface area contributed by atoms with E-state index in [2.05, 4.69) is 15.6 Å². The van der Waals surface area contributed by atoms with Gasteiger partial charge in [0.15, 0.2) is 0 Å². The lowest BCUT2D eigenvalue weighted by Gasteiger charge is -2.20. The molecule has 5 heteroatoms. The zero-order chi connectivity index (χ0) is 12.9. The standard InChI is InChI=1S/C12H20N4O/c1-12(2,3)16-11(17)6-7-14-9-4-5-10(13)15-8-9/h4-5,8,14H,6-7H2,1-3H3,(H2,13,15)(H,16,17). The summed E-state index contributed by atoms with van der Waals surface area (Å²) in [6.07, 6.45) is 2.08. The van der Waals surface area contributed by atoms with Crippen LogP contribution in [0, 0.1) is 0 Å². The van der Waals surface area contributed by atoms with Crippen molar-refractivity contribution in [3.8, 4) is 0 Å². The summed E-state index contributed by atoms with van der Waals surface area (Å²) in [4.78, 5) is 15.5. The number of anilines is 2. The van der Waals surface area contributed by atoms with E-state index in [9.17, 15) is 4.79 Å². The molecule has 5 nitrogen and oxygen atoms in total. The molecule has 0 spiro atoms. The zero-order valence-corrected chi connectivity index (χ0v) is 10.6. The Bertz CT molecular complexity index is 367. The van der Waals surface area contributed by atoms with Crippen LogP contribution in [0.3, 0.4) is 0 Å². The number of nitrogen functional groups attached to an aromatic ring is 1. The molecular weight excluding hydrogens is 216 g/mol. The quantitative estimate of drug-likeness (QED) is 0.738. The molecule has 0 aliphatic heterocycles. The van der Waals surface area contributed by atoms with Crippen LogP contribution in [-0.4, -0.2) is 23.0 Å². The fourth-order valence-electron chi connectivity index (χ4n) is 1.31. The van der Waals surface area contributed by atoms with Crippen LogP contribution in [0.4, 0.5) is 11.5 Å². The van der Waals surface area contributed by atoms with Crippen LogP contribution in [0.2, 0.25) is 0 Å². The van der Waals surface area contributed by atoms with Gasteiger partial charge in [0, 0.05) is 18.5 Å². The van der Waals surface area contributed by atoms with Crippen molar-refractivity contribution in [2.24, 2.45) is 0 Å². The zero-order valence-electron chi connectivity index (χ0n) is 10.6. The Labute approximate surface area is 102 Å². The predicted octanol–water partition coefficient (Wildman–Crippen LogP) is 1.38. The molecular formula is C12H20N4O. The van der Waals surface area contributed by atoms with Crippen LogP contribution in [0.1, 0.15) is 27.2 Å². The molecule has 4 N–H and O–H groups in total. The summed E-state index contributed by atoms with van der Waals surface area (Å²) in [5.74, 6) is 0.523. The highest BCUT2D eigenvalue weighted by molar-refractivity contribution is 5.77. The number of hydrogen-bond donors (Lipinski definition) is 3. The largest absolute Gasteiger partial charge is 0.384 e. The van der Waals surface area contributed by atoms with Crippen molar-refractivity contribution in [1.82, 2.24) is 10.3 Å². The Kier molecular flexibility index (Phi) is 4.31. The number of amides is 1. The third-order valence-corrected chi connectivity index (χ3v) is 1.98. The molecule has 1 amide bonds. The first-order chi connectivity index (χ1) is 7.87. The van der Waals surface area contributed by atoms with Gasteiger partial charge in [0.2, 0.25) is 5.91 Å². The van der Waals surface area contributed by atoms with Gasteiger partial charge in [-0.2, -0.15) is 0 Å². The molecule has 0 aliphatic rings. The minimum Gasteiger partial charge on any atom is -0.384 e. The van der Waals surface area contributed by atoms with E-state index in [-0.39, 0.29) is 11.4 Å². The Hall–Kier alpha value is -1.78. The smallest absolute Gasteiger partial charge is 0.222 e. The minimum atomic E-state index is -0.181. The van der Waals surface area contributed by atoms with Gasteiger partial charge >= 0.3 is 0 Å². The molecule has 1 aromatic rings. The van der Waals surface area contributed by atoms with Gasteiger partial charge in [0.25, 0.3) is 0 Å². The number of pyridine rings is 1. The van der Waals surface area contributed by atoms with Crippen molar-refractivity contribution >= 4 is 17.4 Å². The molecule has 0 aromatic carbocycles. The third-order valence-electron chi connectivity index (χ3n) is 1.98. The first-order valence-electron chi connectivity index (χ1n) is 5.63. The second-order valence-corrected chi connectivity index (χ2v) is 4.95. The molecule has 0 saturated heterocycles. The number of carbonyl (C=O) groups excluding carboxylic acids is 1. The summed E-state index contributed by atoms with van der Waals surface area (Å²) in [6, 6.07) is 3.56. The van der Waals surface area contributed by atoms with Crippen LogP contribution in [0.5, 0.6) is 0 Å². The number of hydrogen-bond acceptors (Lipinski definition) is 4. The minimum absolute atomic E-state index is 0.0356. The number of nitrogens with zero attached hydrogens (tertiary/aromatic N) is 1. The second-order valence-electron chi connectivity index (χ2n) is 4.95. The Morgan fingerprint density at radius 2 is 2.12 bits per heavy atom. The lowest BCUT2D eigenvalue weighted by molar-refractivity contribution is -0.122. The van der Waals surface area contributed by atoms with Crippen molar-refractivity contribution in [2.75, 3.05) is 17.6 Å². The van der Waals surface area contributed by atoms with Crippen molar-refractivity contribution in [3.63, 3.8) is 0 Å². The summed E-state index contributed by atoms with van der Waals surface area (Å²) < 4.78 is 0. The Morgan fingerprint density at radius 3 is 2.65 bits per heavy atom. The van der Waals surface area contributed by atoms with E-state index in [1.807, 2.05) is 26.8 Å². The molecule has 0 fully saturated rings. The molecule has 0 unspecified atom stereocenters. The fraction of sp³-hybridized carbons (Fsp3) is 0.500. The van der Waals surface area contributed by atoms with Gasteiger partial charge in [-0.15, -0.1) is 0 Å². The van der Waals surface area contributed by atoms with Crippen molar-refractivity contribution in [1.29, 1.82) is 0 Å². The van der Waals surface area contributed by atoms with Crippen molar-refractivity contribution in [2.45, 2.75) is 32.7 Å². The summed E-state index contributed by atoms with van der Waals surface area (Å²) in [5, 5.41) is 6.01. The maximum Gasteiger partial charge on any atom is 0.222 e. The highest BCUT2D eigenvalue weighted by Gasteiger charge is 2.12. The molecule has 0 radical (unpaired) electrons. The van der Waals surface area contributed by atoms with Gasteiger partial charge < -0.3 is 16.4 Å². The normalized spacial score (nSPS) is 11.0. The summed E-state index contributed by atoms with van der Waals surface area (Å²) in [6.45, 7) is 6.46. The lowest BCUT2D eigenvalue weighted by atomic mass is 10.1. The van der Waals surface area contributed by atoms with Crippen LogP contribution in [-0.2, 0) is 4.79 Å². The van der Waals surface area contributed by atoms with E-state index in [0.29, 0.717) is 18.8 Å². The van der Waals surface area contributed by atoms with Crippen LogP contribution in [0.15, 0.2) is 18.3 Å². The number of aromatic nitrogens is 1. The van der Waals surface area contributed by atoms with E-state index in [1.54, 1.807) is 12.3 Å². The highest BCUT2D eigenvalue weighted by atomic mass is 16.1. The number of nitrogens with two attached hydrogens (primary N) is 1. The highest BCUT2D eigenvalue weighted by Crippen LogP contribution is 2.06. The average Bonchev–Trinajstić information content (AvgIpc) is 2.18. The maximum atomic E-state index is 11.5. The van der Waals surface area contributed by atoms with Gasteiger partial charge in [-0.25, -0.2) is 4.98 Å². The number of rotatable bonds is 4. The SMILES string of the molecule is CC(C)(C)NC(=O)CCNc1ccc(N)nc1. The number of carbonyl (C=O) groups is 1. The van der Waals surface area contributed by atoms with Crippen LogP contribution < -0.4 is 16.4 Å². The molecule has 17 heavy (non-hydrogen) atoms. The van der Waals surface area contributed by atoms with Crippen molar-refractivity contribution < 1.29 is 4.79 Å². The van der Waals surface area contributed by atoms with Crippen molar-refractivity contribution in [3.05, 3.63) is 18.3 Å². The molecule has 0 atom stereocenters. The second kappa shape index (κ2) is 5.52. The maximum absolute atomic E-state index is 11.5. The third kappa shape index (κ3) is 5.75. The summed E-state index contributed by atoms with van der Waals surface area (Å²) in [7, 11) is 0. The fourth-order valence-corrected chi connectivity index (χ4v) is 1.31. The molecule has 94 valence electrons. The molecule has 0 bridgehead atoms. The van der Waals surface area contributed by atoms with Gasteiger partial charge in [0.1, 0.15) is 5.82 Å². The van der Waals surface area contributed by atoms with E-state index in [1.165, 1.54) is 0 Å². The first-order valence-corrected chi connectivity index (χ1v) is 5.63. The van der Waals surface area contributed by atoms with Gasteiger partial charge in [-0.1, -0.05) is 0 Å². The van der Waals surface area contributed by atoms with E-state index >= 15 is 0 Å². The monoisotopic (exact) mass is 236 g/mol.